The molecule has 1 aromatic heterocycles. The quantitative estimate of drug-likeness (QED) is 0.851. The summed E-state index contributed by atoms with van der Waals surface area (Å²) in [7, 11) is 1.72. The maximum absolute atomic E-state index is 12.0. The second-order valence-electron chi connectivity index (χ2n) is 4.24. The second kappa shape index (κ2) is 6.55. The molecular weight excluding hydrogens is 254 g/mol. The van der Waals surface area contributed by atoms with Crippen molar-refractivity contribution in [2.75, 3.05) is 13.6 Å². The van der Waals surface area contributed by atoms with Crippen LogP contribution in [0, 0.1) is 11.8 Å². The molecule has 0 unspecified atom stereocenters. The predicted molar refractivity (Wildman–Crippen MR) is 74.7 cm³/mol. The SMILES string of the molecule is CN(Cc1ccc(C#CCN)cc1)C(=O)c1ccno1. The molecular formula is C15H15N3O2. The van der Waals surface area contributed by atoms with E-state index in [2.05, 4.69) is 17.0 Å². The second-order valence-corrected chi connectivity index (χ2v) is 4.24. The number of carbonyl (C=O) groups is 1. The van der Waals surface area contributed by atoms with Crippen LogP contribution in [-0.4, -0.2) is 29.6 Å². The Bertz CT molecular complexity index is 621. The standard InChI is InChI=1S/C15H15N3O2/c1-18(15(19)14-8-10-17-20-14)11-13-6-4-12(5-7-13)3-2-9-16/h4-8,10H,9,11,16H2,1H3. The van der Waals surface area contributed by atoms with Gasteiger partial charge in [-0.3, -0.25) is 4.79 Å². The highest BCUT2D eigenvalue weighted by atomic mass is 16.5. The van der Waals surface area contributed by atoms with Crippen molar-refractivity contribution in [2.45, 2.75) is 6.54 Å². The summed E-state index contributed by atoms with van der Waals surface area (Å²) >= 11 is 0. The molecule has 5 nitrogen and oxygen atoms in total. The molecule has 0 saturated heterocycles. The Kier molecular flexibility index (Phi) is 4.53. The highest BCUT2D eigenvalue weighted by Crippen LogP contribution is 2.09. The first-order chi connectivity index (χ1) is 9.70. The number of rotatable bonds is 3. The molecule has 20 heavy (non-hydrogen) atoms. The summed E-state index contributed by atoms with van der Waals surface area (Å²) in [5.41, 5.74) is 7.24. The van der Waals surface area contributed by atoms with Crippen molar-refractivity contribution >= 4 is 5.91 Å². The number of amides is 1. The molecule has 2 rings (SSSR count). The molecule has 0 saturated carbocycles. The number of aromatic nitrogens is 1. The van der Waals surface area contributed by atoms with Gasteiger partial charge in [0.25, 0.3) is 5.91 Å². The van der Waals surface area contributed by atoms with Crippen LogP contribution in [0.2, 0.25) is 0 Å². The molecule has 5 heteroatoms. The number of nitrogens with zero attached hydrogens (tertiary/aromatic N) is 2. The largest absolute Gasteiger partial charge is 0.351 e. The van der Waals surface area contributed by atoms with Gasteiger partial charge in [0, 0.05) is 25.2 Å². The maximum atomic E-state index is 12.0. The molecule has 0 radical (unpaired) electrons. The predicted octanol–water partition coefficient (Wildman–Crippen LogP) is 1.26. The third-order valence-electron chi connectivity index (χ3n) is 2.70. The molecule has 2 aromatic rings. The zero-order chi connectivity index (χ0) is 14.4. The minimum atomic E-state index is -0.200. The van der Waals surface area contributed by atoms with E-state index in [9.17, 15) is 4.79 Å². The minimum absolute atomic E-state index is 0.200. The highest BCUT2D eigenvalue weighted by Gasteiger charge is 2.15. The van der Waals surface area contributed by atoms with Gasteiger partial charge in [-0.2, -0.15) is 0 Å². The van der Waals surface area contributed by atoms with E-state index in [-0.39, 0.29) is 11.7 Å². The topological polar surface area (TPSA) is 72.4 Å². The lowest BCUT2D eigenvalue weighted by atomic mass is 10.1. The van der Waals surface area contributed by atoms with Crippen LogP contribution in [-0.2, 0) is 6.54 Å². The Morgan fingerprint density at radius 3 is 2.70 bits per heavy atom. The molecule has 0 spiro atoms. The van der Waals surface area contributed by atoms with Gasteiger partial charge in [-0.05, 0) is 17.7 Å². The van der Waals surface area contributed by atoms with Gasteiger partial charge in [0.2, 0.25) is 5.76 Å². The van der Waals surface area contributed by atoms with E-state index in [0.717, 1.165) is 11.1 Å². The first-order valence-corrected chi connectivity index (χ1v) is 6.14. The number of carbonyl (C=O) groups excluding carboxylic acids is 1. The third kappa shape index (κ3) is 3.46. The molecule has 1 aromatic carbocycles. The summed E-state index contributed by atoms with van der Waals surface area (Å²) in [6.07, 6.45) is 1.45. The van der Waals surface area contributed by atoms with Crippen LogP contribution >= 0.6 is 0 Å². The number of benzene rings is 1. The monoisotopic (exact) mass is 269 g/mol. The van der Waals surface area contributed by atoms with Crippen molar-refractivity contribution in [3.63, 3.8) is 0 Å². The van der Waals surface area contributed by atoms with Gasteiger partial charge in [0.05, 0.1) is 12.7 Å². The molecule has 0 aliphatic rings. The Morgan fingerprint density at radius 1 is 1.35 bits per heavy atom. The van der Waals surface area contributed by atoms with Gasteiger partial charge in [-0.1, -0.05) is 29.1 Å². The molecule has 0 aliphatic heterocycles. The summed E-state index contributed by atoms with van der Waals surface area (Å²) in [5.74, 6) is 5.78. The van der Waals surface area contributed by atoms with Crippen molar-refractivity contribution in [2.24, 2.45) is 5.73 Å². The summed E-state index contributed by atoms with van der Waals surface area (Å²) < 4.78 is 4.85. The molecule has 0 atom stereocenters. The van der Waals surface area contributed by atoms with Gasteiger partial charge < -0.3 is 15.2 Å². The van der Waals surface area contributed by atoms with Crippen LogP contribution in [0.4, 0.5) is 0 Å². The molecule has 1 amide bonds. The van der Waals surface area contributed by atoms with Gasteiger partial charge >= 0.3 is 0 Å². The normalized spacial score (nSPS) is 9.70. The van der Waals surface area contributed by atoms with Gasteiger partial charge in [0.15, 0.2) is 0 Å². The molecule has 2 N–H and O–H groups in total. The Hall–Kier alpha value is -2.58. The van der Waals surface area contributed by atoms with Crippen LogP contribution in [0.15, 0.2) is 41.1 Å². The fourth-order valence-electron chi connectivity index (χ4n) is 1.71. The van der Waals surface area contributed by atoms with Gasteiger partial charge in [-0.15, -0.1) is 0 Å². The van der Waals surface area contributed by atoms with Crippen LogP contribution in [0.3, 0.4) is 0 Å². The fraction of sp³-hybridized carbons (Fsp3) is 0.200. The number of hydrogen-bond donors (Lipinski definition) is 1. The van der Waals surface area contributed by atoms with Crippen LogP contribution in [0.1, 0.15) is 21.7 Å². The zero-order valence-corrected chi connectivity index (χ0v) is 11.2. The van der Waals surface area contributed by atoms with E-state index >= 15 is 0 Å². The van der Waals surface area contributed by atoms with E-state index in [0.29, 0.717) is 13.1 Å². The minimum Gasteiger partial charge on any atom is -0.351 e. The van der Waals surface area contributed by atoms with E-state index in [1.165, 1.54) is 6.20 Å². The lowest BCUT2D eigenvalue weighted by Crippen LogP contribution is -2.25. The summed E-state index contributed by atoms with van der Waals surface area (Å²) in [6, 6.07) is 9.23. The Labute approximate surface area is 117 Å². The molecule has 1 heterocycles. The lowest BCUT2D eigenvalue weighted by Gasteiger charge is -2.15. The van der Waals surface area contributed by atoms with Crippen molar-refractivity contribution < 1.29 is 9.32 Å². The lowest BCUT2D eigenvalue weighted by molar-refractivity contribution is 0.0743. The number of nitrogens with two attached hydrogens (primary N) is 1. The summed E-state index contributed by atoms with van der Waals surface area (Å²) in [6.45, 7) is 0.834. The van der Waals surface area contributed by atoms with Crippen LogP contribution in [0.25, 0.3) is 0 Å². The summed E-state index contributed by atoms with van der Waals surface area (Å²) in [5, 5.41) is 3.52. The van der Waals surface area contributed by atoms with Crippen LogP contribution < -0.4 is 5.73 Å². The third-order valence-corrected chi connectivity index (χ3v) is 2.70. The molecule has 0 bridgehead atoms. The van der Waals surface area contributed by atoms with Gasteiger partial charge in [-0.25, -0.2) is 0 Å². The van der Waals surface area contributed by atoms with E-state index in [1.54, 1.807) is 18.0 Å². The zero-order valence-electron chi connectivity index (χ0n) is 11.2. The van der Waals surface area contributed by atoms with Gasteiger partial charge in [0.1, 0.15) is 0 Å². The first kappa shape index (κ1) is 13.8. The molecule has 0 fully saturated rings. The van der Waals surface area contributed by atoms with Crippen molar-refractivity contribution in [3.05, 3.63) is 53.4 Å². The van der Waals surface area contributed by atoms with E-state index in [4.69, 9.17) is 10.3 Å². The molecule has 102 valence electrons. The highest BCUT2D eigenvalue weighted by molar-refractivity contribution is 5.91. The fourth-order valence-corrected chi connectivity index (χ4v) is 1.71. The van der Waals surface area contributed by atoms with Crippen LogP contribution in [0.5, 0.6) is 0 Å². The molecule has 0 aliphatic carbocycles. The van der Waals surface area contributed by atoms with Crippen molar-refractivity contribution in [1.82, 2.24) is 10.1 Å². The average molecular weight is 269 g/mol. The summed E-state index contributed by atoms with van der Waals surface area (Å²) in [4.78, 5) is 13.5. The Balaban J connectivity index is 2.01. The average Bonchev–Trinajstić information content (AvgIpc) is 3.00. The Morgan fingerprint density at radius 2 is 2.10 bits per heavy atom. The smallest absolute Gasteiger partial charge is 0.292 e. The van der Waals surface area contributed by atoms with Crippen molar-refractivity contribution in [1.29, 1.82) is 0 Å². The van der Waals surface area contributed by atoms with Crippen molar-refractivity contribution in [3.8, 4) is 11.8 Å². The van der Waals surface area contributed by atoms with E-state index in [1.807, 2.05) is 24.3 Å². The maximum Gasteiger partial charge on any atom is 0.292 e. The number of hydrogen-bond acceptors (Lipinski definition) is 4. The van der Waals surface area contributed by atoms with E-state index < -0.39 is 0 Å². The first-order valence-electron chi connectivity index (χ1n) is 6.14.